The molecule has 0 atom stereocenters. The minimum atomic E-state index is -0.161. The van der Waals surface area contributed by atoms with E-state index in [0.29, 0.717) is 9.21 Å². The highest BCUT2D eigenvalue weighted by atomic mass is 127. The van der Waals surface area contributed by atoms with Gasteiger partial charge in [-0.1, -0.05) is 17.7 Å². The molecule has 1 aromatic carbocycles. The lowest BCUT2D eigenvalue weighted by atomic mass is 10.2. The van der Waals surface area contributed by atoms with Gasteiger partial charge in [0.2, 0.25) is 5.91 Å². The van der Waals surface area contributed by atoms with Crippen molar-refractivity contribution in [3.05, 3.63) is 48.7 Å². The van der Waals surface area contributed by atoms with Gasteiger partial charge in [-0.3, -0.25) is 9.59 Å². The van der Waals surface area contributed by atoms with E-state index in [1.165, 1.54) is 16.9 Å². The van der Waals surface area contributed by atoms with Crippen molar-refractivity contribution in [2.75, 3.05) is 5.32 Å². The first kappa shape index (κ1) is 16.5. The van der Waals surface area contributed by atoms with Crippen LogP contribution in [0.2, 0.25) is 4.34 Å². The Kier molecular flexibility index (Phi) is 5.78. The van der Waals surface area contributed by atoms with Gasteiger partial charge in [-0.25, -0.2) is 0 Å². The van der Waals surface area contributed by atoms with Gasteiger partial charge < -0.3 is 5.32 Å². The Morgan fingerprint density at radius 3 is 2.62 bits per heavy atom. The second-order valence-electron chi connectivity index (χ2n) is 4.54. The normalized spacial score (nSPS) is 10.4. The van der Waals surface area contributed by atoms with Crippen molar-refractivity contribution in [3.8, 4) is 0 Å². The van der Waals surface area contributed by atoms with Gasteiger partial charge in [-0.15, -0.1) is 11.3 Å². The molecule has 1 aromatic heterocycles. The van der Waals surface area contributed by atoms with Crippen LogP contribution in [-0.4, -0.2) is 11.7 Å². The van der Waals surface area contributed by atoms with Crippen molar-refractivity contribution in [1.82, 2.24) is 0 Å². The number of anilines is 1. The topological polar surface area (TPSA) is 46.2 Å². The minimum Gasteiger partial charge on any atom is -0.326 e. The number of ketones is 1. The number of halogens is 2. The minimum absolute atomic E-state index is 0.0551. The molecule has 0 aliphatic rings. The van der Waals surface area contributed by atoms with Crippen molar-refractivity contribution in [1.29, 1.82) is 0 Å². The lowest BCUT2D eigenvalue weighted by Gasteiger charge is -2.06. The molecule has 0 bridgehead atoms. The molecule has 0 unspecified atom stereocenters. The number of carbonyl (C=O) groups is 2. The molecule has 6 heteroatoms. The van der Waals surface area contributed by atoms with Gasteiger partial charge >= 0.3 is 0 Å². The van der Waals surface area contributed by atoms with Gasteiger partial charge in [0, 0.05) is 22.1 Å². The third kappa shape index (κ3) is 4.79. The zero-order valence-corrected chi connectivity index (χ0v) is 15.0. The van der Waals surface area contributed by atoms with E-state index < -0.39 is 0 Å². The molecule has 1 heterocycles. The number of Topliss-reactive ketones (excluding diaryl/α,β-unsaturated/α-hetero) is 1. The van der Waals surface area contributed by atoms with Gasteiger partial charge in [0.15, 0.2) is 5.78 Å². The number of carbonyl (C=O) groups excluding carboxylic acids is 2. The first-order valence-corrected chi connectivity index (χ1v) is 8.57. The summed E-state index contributed by atoms with van der Waals surface area (Å²) >= 11 is 9.25. The summed E-state index contributed by atoms with van der Waals surface area (Å²) in [5, 5.41) is 2.80. The molecular weight excluding hydrogens is 421 g/mol. The highest BCUT2D eigenvalue weighted by Gasteiger charge is 2.11. The zero-order chi connectivity index (χ0) is 15.4. The number of hydrogen-bond acceptors (Lipinski definition) is 3. The predicted octanol–water partition coefficient (Wildman–Crippen LogP) is 4.92. The summed E-state index contributed by atoms with van der Waals surface area (Å²) in [5.74, 6) is -0.216. The van der Waals surface area contributed by atoms with E-state index in [9.17, 15) is 9.59 Å². The fourth-order valence-electron chi connectivity index (χ4n) is 1.71. The Labute approximate surface area is 145 Å². The summed E-state index contributed by atoms with van der Waals surface area (Å²) < 4.78 is 1.67. The van der Waals surface area contributed by atoms with Crippen LogP contribution >= 0.6 is 45.5 Å². The van der Waals surface area contributed by atoms with E-state index in [1.807, 2.05) is 25.1 Å². The summed E-state index contributed by atoms with van der Waals surface area (Å²) in [5.41, 5.74) is 1.92. The molecule has 0 radical (unpaired) electrons. The number of hydrogen-bond donors (Lipinski definition) is 1. The summed E-state index contributed by atoms with van der Waals surface area (Å²) in [6, 6.07) is 9.10. The van der Waals surface area contributed by atoms with Crippen LogP contribution in [-0.2, 0) is 4.79 Å². The fourth-order valence-corrected chi connectivity index (χ4v) is 3.23. The Hall–Kier alpha value is -0.920. The van der Waals surface area contributed by atoms with Gasteiger partial charge in [-0.2, -0.15) is 0 Å². The van der Waals surface area contributed by atoms with E-state index in [0.717, 1.165) is 9.26 Å². The monoisotopic (exact) mass is 433 g/mol. The SMILES string of the molecule is Cc1ccc(NC(=O)CCC(=O)c2ccc(Cl)s2)cc1I. The number of benzene rings is 1. The molecule has 0 fully saturated rings. The molecule has 2 rings (SSSR count). The Bertz CT molecular complexity index is 684. The van der Waals surface area contributed by atoms with Crippen molar-refractivity contribution in [2.45, 2.75) is 19.8 Å². The Morgan fingerprint density at radius 2 is 2.00 bits per heavy atom. The maximum absolute atomic E-state index is 11.9. The summed E-state index contributed by atoms with van der Waals surface area (Å²) in [4.78, 5) is 24.3. The lowest BCUT2D eigenvalue weighted by molar-refractivity contribution is -0.116. The first-order chi connectivity index (χ1) is 9.95. The zero-order valence-electron chi connectivity index (χ0n) is 11.3. The van der Waals surface area contributed by atoms with Gasteiger partial charge in [0.1, 0.15) is 0 Å². The second-order valence-corrected chi connectivity index (χ2v) is 7.42. The molecule has 0 spiro atoms. The molecule has 110 valence electrons. The highest BCUT2D eigenvalue weighted by molar-refractivity contribution is 14.1. The van der Waals surface area contributed by atoms with Crippen LogP contribution < -0.4 is 5.32 Å². The van der Waals surface area contributed by atoms with Crippen molar-refractivity contribution >= 4 is 62.9 Å². The largest absolute Gasteiger partial charge is 0.326 e. The molecule has 0 saturated carbocycles. The summed E-state index contributed by atoms with van der Waals surface area (Å²) in [7, 11) is 0. The molecule has 21 heavy (non-hydrogen) atoms. The van der Waals surface area contributed by atoms with E-state index in [4.69, 9.17) is 11.6 Å². The highest BCUT2D eigenvalue weighted by Crippen LogP contribution is 2.23. The van der Waals surface area contributed by atoms with Crippen LogP contribution in [0.4, 0.5) is 5.69 Å². The standard InChI is InChI=1S/C15H13ClINO2S/c1-9-2-3-10(8-11(9)17)18-15(20)7-4-12(19)13-5-6-14(16)21-13/h2-3,5-6,8H,4,7H2,1H3,(H,18,20). The molecule has 0 aliphatic heterocycles. The quantitative estimate of drug-likeness (QED) is 0.537. The lowest BCUT2D eigenvalue weighted by Crippen LogP contribution is -2.13. The van der Waals surface area contributed by atoms with Crippen LogP contribution in [0.15, 0.2) is 30.3 Å². The van der Waals surface area contributed by atoms with Crippen LogP contribution in [0, 0.1) is 10.5 Å². The van der Waals surface area contributed by atoms with E-state index >= 15 is 0 Å². The van der Waals surface area contributed by atoms with Crippen molar-refractivity contribution in [3.63, 3.8) is 0 Å². The maximum atomic E-state index is 11.9. The smallest absolute Gasteiger partial charge is 0.224 e. The van der Waals surface area contributed by atoms with Crippen LogP contribution in [0.3, 0.4) is 0 Å². The number of aryl methyl sites for hydroxylation is 1. The number of amides is 1. The molecule has 0 aliphatic carbocycles. The molecule has 2 aromatic rings. The number of thiophene rings is 1. The third-order valence-corrected chi connectivity index (χ3v) is 5.32. The van der Waals surface area contributed by atoms with E-state index in [-0.39, 0.29) is 24.5 Å². The van der Waals surface area contributed by atoms with E-state index in [2.05, 4.69) is 27.9 Å². The van der Waals surface area contributed by atoms with Crippen LogP contribution in [0.1, 0.15) is 28.1 Å². The first-order valence-electron chi connectivity index (χ1n) is 6.30. The van der Waals surface area contributed by atoms with Gasteiger partial charge in [0.05, 0.1) is 9.21 Å². The van der Waals surface area contributed by atoms with Crippen LogP contribution in [0.5, 0.6) is 0 Å². The molecule has 1 N–H and O–H groups in total. The van der Waals surface area contributed by atoms with Crippen molar-refractivity contribution in [2.24, 2.45) is 0 Å². The van der Waals surface area contributed by atoms with Crippen molar-refractivity contribution < 1.29 is 9.59 Å². The summed E-state index contributed by atoms with van der Waals surface area (Å²) in [6.45, 7) is 2.01. The molecule has 0 saturated heterocycles. The summed E-state index contributed by atoms with van der Waals surface area (Å²) in [6.07, 6.45) is 0.352. The van der Waals surface area contributed by atoms with Gasteiger partial charge in [0.25, 0.3) is 0 Å². The number of rotatable bonds is 5. The van der Waals surface area contributed by atoms with E-state index in [1.54, 1.807) is 12.1 Å². The third-order valence-electron chi connectivity index (χ3n) is 2.88. The number of nitrogens with one attached hydrogen (secondary N) is 1. The Balaban J connectivity index is 1.87. The van der Waals surface area contributed by atoms with Gasteiger partial charge in [-0.05, 0) is 59.3 Å². The molecule has 3 nitrogen and oxygen atoms in total. The predicted molar refractivity (Wildman–Crippen MR) is 95.4 cm³/mol. The Morgan fingerprint density at radius 1 is 1.24 bits per heavy atom. The molecular formula is C15H13ClINO2S. The van der Waals surface area contributed by atoms with Crippen LogP contribution in [0.25, 0.3) is 0 Å². The second kappa shape index (κ2) is 7.38. The average Bonchev–Trinajstić information content (AvgIpc) is 2.87. The molecule has 1 amide bonds. The fraction of sp³-hybridized carbons (Fsp3) is 0.200. The average molecular weight is 434 g/mol. The maximum Gasteiger partial charge on any atom is 0.224 e.